The Kier molecular flexibility index (Phi) is 2.56. The highest BCUT2D eigenvalue weighted by Gasteiger charge is 2.24. The Bertz CT molecular complexity index is 250. The van der Waals surface area contributed by atoms with Crippen LogP contribution in [0.2, 0.25) is 0 Å². The standard InChI is InChI=1S/C8H13N3O2/c12-5-7-2-1-3-11(7)4-8-9-6-13-10-8/h6-7,12H,1-5H2/t7-/m0/s1. The lowest BCUT2D eigenvalue weighted by molar-refractivity contribution is 0.150. The van der Waals surface area contributed by atoms with Crippen LogP contribution >= 0.6 is 0 Å². The summed E-state index contributed by atoms with van der Waals surface area (Å²) in [5, 5.41) is 12.8. The highest BCUT2D eigenvalue weighted by Crippen LogP contribution is 2.17. The van der Waals surface area contributed by atoms with Crippen molar-refractivity contribution in [2.75, 3.05) is 13.2 Å². The molecule has 13 heavy (non-hydrogen) atoms. The first-order valence-corrected chi connectivity index (χ1v) is 4.50. The maximum absolute atomic E-state index is 9.06. The van der Waals surface area contributed by atoms with Gasteiger partial charge in [-0.05, 0) is 19.4 Å². The van der Waals surface area contributed by atoms with Gasteiger partial charge >= 0.3 is 0 Å². The molecule has 1 saturated heterocycles. The molecular weight excluding hydrogens is 170 g/mol. The number of rotatable bonds is 3. The third kappa shape index (κ3) is 1.87. The van der Waals surface area contributed by atoms with Crippen LogP contribution in [0.5, 0.6) is 0 Å². The number of likely N-dealkylation sites (tertiary alicyclic amines) is 1. The van der Waals surface area contributed by atoms with E-state index < -0.39 is 0 Å². The monoisotopic (exact) mass is 183 g/mol. The van der Waals surface area contributed by atoms with Crippen LogP contribution in [-0.2, 0) is 6.54 Å². The summed E-state index contributed by atoms with van der Waals surface area (Å²) < 4.78 is 4.64. The topological polar surface area (TPSA) is 62.4 Å². The van der Waals surface area contributed by atoms with E-state index in [1.54, 1.807) is 0 Å². The van der Waals surface area contributed by atoms with Crippen molar-refractivity contribution in [1.29, 1.82) is 0 Å². The Labute approximate surface area is 76.4 Å². The number of aliphatic hydroxyl groups is 1. The quantitative estimate of drug-likeness (QED) is 0.716. The van der Waals surface area contributed by atoms with Crippen LogP contribution in [0, 0.1) is 0 Å². The van der Waals surface area contributed by atoms with E-state index in [-0.39, 0.29) is 12.6 Å². The SMILES string of the molecule is OC[C@@H]1CCCN1Cc1ncon1. The summed E-state index contributed by atoms with van der Waals surface area (Å²) in [5.41, 5.74) is 0. The van der Waals surface area contributed by atoms with Gasteiger partial charge in [-0.3, -0.25) is 4.90 Å². The summed E-state index contributed by atoms with van der Waals surface area (Å²) in [4.78, 5) is 6.13. The van der Waals surface area contributed by atoms with E-state index in [2.05, 4.69) is 19.6 Å². The minimum absolute atomic E-state index is 0.220. The molecule has 0 aliphatic carbocycles. The van der Waals surface area contributed by atoms with Crippen LogP contribution in [0.15, 0.2) is 10.9 Å². The molecule has 1 aliphatic heterocycles. The highest BCUT2D eigenvalue weighted by atomic mass is 16.5. The van der Waals surface area contributed by atoms with Crippen LogP contribution < -0.4 is 0 Å². The Hall–Kier alpha value is -0.940. The molecule has 0 bridgehead atoms. The van der Waals surface area contributed by atoms with Gasteiger partial charge in [0.25, 0.3) is 0 Å². The van der Waals surface area contributed by atoms with E-state index in [1.165, 1.54) is 6.39 Å². The molecule has 0 radical (unpaired) electrons. The van der Waals surface area contributed by atoms with E-state index in [0.717, 1.165) is 19.4 Å². The van der Waals surface area contributed by atoms with Gasteiger partial charge in [-0.15, -0.1) is 0 Å². The number of aromatic nitrogens is 2. The summed E-state index contributed by atoms with van der Waals surface area (Å²) in [6.45, 7) is 1.92. The molecule has 1 aromatic rings. The third-order valence-electron chi connectivity index (χ3n) is 2.46. The van der Waals surface area contributed by atoms with Crippen LogP contribution in [0.4, 0.5) is 0 Å². The smallest absolute Gasteiger partial charge is 0.213 e. The van der Waals surface area contributed by atoms with E-state index in [4.69, 9.17) is 5.11 Å². The average Bonchev–Trinajstić information content (AvgIpc) is 2.76. The van der Waals surface area contributed by atoms with Crippen molar-refractivity contribution in [2.24, 2.45) is 0 Å². The van der Waals surface area contributed by atoms with Crippen molar-refractivity contribution >= 4 is 0 Å². The second kappa shape index (κ2) is 3.85. The molecule has 0 spiro atoms. The van der Waals surface area contributed by atoms with Gasteiger partial charge in [0.1, 0.15) is 0 Å². The van der Waals surface area contributed by atoms with E-state index >= 15 is 0 Å². The van der Waals surface area contributed by atoms with E-state index in [1.807, 2.05) is 0 Å². The minimum Gasteiger partial charge on any atom is -0.395 e. The zero-order chi connectivity index (χ0) is 9.10. The van der Waals surface area contributed by atoms with Gasteiger partial charge in [-0.25, -0.2) is 0 Å². The Balaban J connectivity index is 1.94. The molecule has 5 heteroatoms. The molecular formula is C8H13N3O2. The summed E-state index contributed by atoms with van der Waals surface area (Å²) in [5.74, 6) is 0.695. The molecule has 2 heterocycles. The lowest BCUT2D eigenvalue weighted by Crippen LogP contribution is -2.31. The summed E-state index contributed by atoms with van der Waals surface area (Å²) in [6.07, 6.45) is 3.54. The maximum atomic E-state index is 9.06. The molecule has 1 aliphatic rings. The number of hydrogen-bond donors (Lipinski definition) is 1. The molecule has 1 fully saturated rings. The van der Waals surface area contributed by atoms with Crippen LogP contribution in [-0.4, -0.2) is 39.3 Å². The predicted octanol–water partition coefficient (Wildman–Crippen LogP) is 0.0263. The minimum atomic E-state index is 0.220. The zero-order valence-corrected chi connectivity index (χ0v) is 7.39. The van der Waals surface area contributed by atoms with Crippen molar-refractivity contribution in [3.8, 4) is 0 Å². The third-order valence-corrected chi connectivity index (χ3v) is 2.46. The van der Waals surface area contributed by atoms with Gasteiger partial charge in [0, 0.05) is 6.04 Å². The van der Waals surface area contributed by atoms with Gasteiger partial charge in [-0.1, -0.05) is 5.16 Å². The molecule has 72 valence electrons. The molecule has 2 rings (SSSR count). The normalized spacial score (nSPS) is 23.9. The van der Waals surface area contributed by atoms with E-state index in [9.17, 15) is 0 Å². The summed E-state index contributed by atoms with van der Waals surface area (Å²) >= 11 is 0. The second-order valence-corrected chi connectivity index (χ2v) is 3.30. The Morgan fingerprint density at radius 2 is 2.62 bits per heavy atom. The second-order valence-electron chi connectivity index (χ2n) is 3.30. The van der Waals surface area contributed by atoms with Gasteiger partial charge in [-0.2, -0.15) is 4.98 Å². The zero-order valence-electron chi connectivity index (χ0n) is 7.39. The molecule has 0 unspecified atom stereocenters. The van der Waals surface area contributed by atoms with Crippen molar-refractivity contribution < 1.29 is 9.63 Å². The molecule has 1 aromatic heterocycles. The number of aliphatic hydroxyl groups excluding tert-OH is 1. The van der Waals surface area contributed by atoms with Gasteiger partial charge in [0.05, 0.1) is 13.2 Å². The first kappa shape index (κ1) is 8.65. The average molecular weight is 183 g/mol. The molecule has 0 aromatic carbocycles. The van der Waals surface area contributed by atoms with Gasteiger partial charge in [0.2, 0.25) is 6.39 Å². The first-order chi connectivity index (χ1) is 6.40. The van der Waals surface area contributed by atoms with Crippen molar-refractivity contribution in [3.05, 3.63) is 12.2 Å². The Morgan fingerprint density at radius 1 is 1.69 bits per heavy atom. The molecule has 0 saturated carbocycles. The lowest BCUT2D eigenvalue weighted by atomic mass is 10.2. The first-order valence-electron chi connectivity index (χ1n) is 4.50. The number of hydrogen-bond acceptors (Lipinski definition) is 5. The van der Waals surface area contributed by atoms with Crippen LogP contribution in [0.25, 0.3) is 0 Å². The summed E-state index contributed by atoms with van der Waals surface area (Å²) in [7, 11) is 0. The summed E-state index contributed by atoms with van der Waals surface area (Å²) in [6, 6.07) is 0.276. The van der Waals surface area contributed by atoms with Crippen LogP contribution in [0.1, 0.15) is 18.7 Å². The number of nitrogens with zero attached hydrogens (tertiary/aromatic N) is 3. The highest BCUT2D eigenvalue weighted by molar-refractivity contribution is 4.85. The fraction of sp³-hybridized carbons (Fsp3) is 0.750. The van der Waals surface area contributed by atoms with E-state index in [0.29, 0.717) is 12.4 Å². The van der Waals surface area contributed by atoms with Gasteiger partial charge in [0.15, 0.2) is 5.82 Å². The van der Waals surface area contributed by atoms with Crippen molar-refractivity contribution in [2.45, 2.75) is 25.4 Å². The molecule has 1 atom stereocenters. The molecule has 1 N–H and O–H groups in total. The molecule has 5 nitrogen and oxygen atoms in total. The largest absolute Gasteiger partial charge is 0.395 e. The maximum Gasteiger partial charge on any atom is 0.213 e. The molecule has 0 amide bonds. The van der Waals surface area contributed by atoms with Crippen molar-refractivity contribution in [1.82, 2.24) is 15.0 Å². The predicted molar refractivity (Wildman–Crippen MR) is 44.8 cm³/mol. The van der Waals surface area contributed by atoms with Gasteiger partial charge < -0.3 is 9.63 Å². The Morgan fingerprint density at radius 3 is 3.31 bits per heavy atom. The fourth-order valence-corrected chi connectivity index (χ4v) is 1.75. The fourth-order valence-electron chi connectivity index (χ4n) is 1.75. The lowest BCUT2D eigenvalue weighted by Gasteiger charge is -2.20. The van der Waals surface area contributed by atoms with Crippen LogP contribution in [0.3, 0.4) is 0 Å². The van der Waals surface area contributed by atoms with Crippen molar-refractivity contribution in [3.63, 3.8) is 0 Å².